The number of carbonyl (C=O) groups excluding carboxylic acids is 1. The van der Waals surface area contributed by atoms with Crippen LogP contribution in [-0.2, 0) is 4.79 Å². The topological polar surface area (TPSA) is 93.5 Å². The maximum absolute atomic E-state index is 11.2. The van der Waals surface area contributed by atoms with Crippen LogP contribution in [0.1, 0.15) is 6.92 Å². The van der Waals surface area contributed by atoms with Gasteiger partial charge in [-0.3, -0.25) is 4.79 Å². The largest absolute Gasteiger partial charge is 0.377 e. The van der Waals surface area contributed by atoms with Gasteiger partial charge in [-0.05, 0) is 6.92 Å². The molecule has 5 N–H and O–H groups in total. The van der Waals surface area contributed by atoms with Crippen LogP contribution in [-0.4, -0.2) is 22.9 Å². The van der Waals surface area contributed by atoms with Gasteiger partial charge in [0, 0.05) is 0 Å². The van der Waals surface area contributed by atoms with Crippen LogP contribution < -0.4 is 16.9 Å². The Hall–Kier alpha value is -1.35. The van der Waals surface area contributed by atoms with Gasteiger partial charge in [0.15, 0.2) is 5.17 Å². The summed E-state index contributed by atoms with van der Waals surface area (Å²) in [6.07, 6.45) is 4.96. The third-order valence-electron chi connectivity index (χ3n) is 1.16. The Morgan fingerprint density at radius 3 is 2.92 bits per heavy atom. The summed E-state index contributed by atoms with van der Waals surface area (Å²) < 4.78 is 0. The lowest BCUT2D eigenvalue weighted by molar-refractivity contribution is -0.120. The standard InChI is InChI=1S/C7H12N4OS/c1-3-4-10-6(12)5(2)13-7(8)11-9/h1,5H,4,9H2,2H3,(H2,8,11)(H,10,12). The first-order valence-corrected chi connectivity index (χ1v) is 4.41. The van der Waals surface area contributed by atoms with E-state index in [4.69, 9.17) is 18.0 Å². The number of amidine groups is 1. The number of hydrazone groups is 1. The average Bonchev–Trinajstić information content (AvgIpc) is 2.13. The van der Waals surface area contributed by atoms with E-state index >= 15 is 0 Å². The molecular weight excluding hydrogens is 188 g/mol. The van der Waals surface area contributed by atoms with Crippen molar-refractivity contribution >= 4 is 22.8 Å². The minimum atomic E-state index is -0.347. The Balaban J connectivity index is 3.91. The van der Waals surface area contributed by atoms with Crippen molar-refractivity contribution in [1.29, 1.82) is 0 Å². The van der Waals surface area contributed by atoms with Gasteiger partial charge in [-0.2, -0.15) is 5.10 Å². The molecular formula is C7H12N4OS. The Morgan fingerprint density at radius 1 is 1.85 bits per heavy atom. The Bertz CT molecular complexity index is 245. The summed E-state index contributed by atoms with van der Waals surface area (Å²) in [5.41, 5.74) is 5.31. The lowest BCUT2D eigenvalue weighted by atomic mass is 10.4. The normalized spacial score (nSPS) is 13.1. The molecule has 0 aliphatic heterocycles. The van der Waals surface area contributed by atoms with Crippen LogP contribution in [0.5, 0.6) is 0 Å². The fourth-order valence-electron chi connectivity index (χ4n) is 0.547. The smallest absolute Gasteiger partial charge is 0.234 e. The molecule has 6 heteroatoms. The van der Waals surface area contributed by atoms with E-state index in [0.29, 0.717) is 0 Å². The molecule has 72 valence electrons. The fourth-order valence-corrected chi connectivity index (χ4v) is 1.16. The summed E-state index contributed by atoms with van der Waals surface area (Å²) in [4.78, 5) is 11.2. The molecule has 0 rings (SSSR count). The first-order valence-electron chi connectivity index (χ1n) is 3.53. The second-order valence-corrected chi connectivity index (χ2v) is 3.51. The van der Waals surface area contributed by atoms with Gasteiger partial charge in [0.1, 0.15) is 0 Å². The van der Waals surface area contributed by atoms with Crippen molar-refractivity contribution in [2.45, 2.75) is 12.2 Å². The van der Waals surface area contributed by atoms with Crippen molar-refractivity contribution in [2.75, 3.05) is 6.54 Å². The van der Waals surface area contributed by atoms with Crippen LogP contribution in [0.4, 0.5) is 0 Å². The van der Waals surface area contributed by atoms with E-state index in [2.05, 4.69) is 16.3 Å². The van der Waals surface area contributed by atoms with Crippen molar-refractivity contribution in [3.8, 4) is 12.3 Å². The van der Waals surface area contributed by atoms with Crippen molar-refractivity contribution < 1.29 is 4.79 Å². The van der Waals surface area contributed by atoms with E-state index in [1.165, 1.54) is 0 Å². The monoisotopic (exact) mass is 200 g/mol. The van der Waals surface area contributed by atoms with Gasteiger partial charge < -0.3 is 16.9 Å². The average molecular weight is 200 g/mol. The van der Waals surface area contributed by atoms with Gasteiger partial charge >= 0.3 is 0 Å². The van der Waals surface area contributed by atoms with Crippen LogP contribution in [0.15, 0.2) is 5.10 Å². The number of carbonyl (C=O) groups is 1. The predicted octanol–water partition coefficient (Wildman–Crippen LogP) is -0.954. The van der Waals surface area contributed by atoms with Crippen LogP contribution >= 0.6 is 11.8 Å². The fraction of sp³-hybridized carbons (Fsp3) is 0.429. The lowest BCUT2D eigenvalue weighted by Gasteiger charge is -2.08. The maximum Gasteiger partial charge on any atom is 0.234 e. The molecule has 1 unspecified atom stereocenters. The number of nitrogens with zero attached hydrogens (tertiary/aromatic N) is 1. The van der Waals surface area contributed by atoms with E-state index in [9.17, 15) is 4.79 Å². The highest BCUT2D eigenvalue weighted by atomic mass is 32.2. The molecule has 0 saturated carbocycles. The highest BCUT2D eigenvalue weighted by Crippen LogP contribution is 2.09. The van der Waals surface area contributed by atoms with E-state index in [-0.39, 0.29) is 22.9 Å². The quantitative estimate of drug-likeness (QED) is 0.180. The molecule has 1 atom stereocenters. The molecule has 0 saturated heterocycles. The molecule has 0 aromatic carbocycles. The minimum Gasteiger partial charge on any atom is -0.377 e. The van der Waals surface area contributed by atoms with Crippen molar-refractivity contribution in [1.82, 2.24) is 5.32 Å². The first kappa shape index (κ1) is 11.6. The SMILES string of the molecule is C#CCNC(=O)C(C)SC(N)=NN. The van der Waals surface area contributed by atoms with Gasteiger partial charge in [-0.25, -0.2) is 0 Å². The van der Waals surface area contributed by atoms with Crippen LogP contribution in [0, 0.1) is 12.3 Å². The molecule has 0 aliphatic rings. The van der Waals surface area contributed by atoms with Crippen LogP contribution in [0.3, 0.4) is 0 Å². The second-order valence-electron chi connectivity index (χ2n) is 2.15. The van der Waals surface area contributed by atoms with Gasteiger partial charge in [-0.15, -0.1) is 6.42 Å². The number of hydrogen-bond donors (Lipinski definition) is 3. The number of amides is 1. The third kappa shape index (κ3) is 4.98. The molecule has 0 bridgehead atoms. The number of thioether (sulfide) groups is 1. The van der Waals surface area contributed by atoms with Gasteiger partial charge in [0.05, 0.1) is 11.8 Å². The zero-order chi connectivity index (χ0) is 10.3. The van der Waals surface area contributed by atoms with Crippen molar-refractivity contribution in [2.24, 2.45) is 16.7 Å². The third-order valence-corrected chi connectivity index (χ3v) is 2.07. The van der Waals surface area contributed by atoms with Gasteiger partial charge in [0.25, 0.3) is 0 Å². The molecule has 0 radical (unpaired) electrons. The Labute approximate surface area is 81.3 Å². The number of rotatable bonds is 3. The molecule has 5 nitrogen and oxygen atoms in total. The maximum atomic E-state index is 11.2. The molecule has 0 heterocycles. The van der Waals surface area contributed by atoms with E-state index < -0.39 is 0 Å². The summed E-state index contributed by atoms with van der Waals surface area (Å²) in [6, 6.07) is 0. The highest BCUT2D eigenvalue weighted by Gasteiger charge is 2.13. The molecule has 1 amide bonds. The molecule has 0 spiro atoms. The minimum absolute atomic E-state index is 0.170. The Morgan fingerprint density at radius 2 is 2.46 bits per heavy atom. The van der Waals surface area contributed by atoms with E-state index in [0.717, 1.165) is 11.8 Å². The van der Waals surface area contributed by atoms with Gasteiger partial charge in [0.2, 0.25) is 5.91 Å². The zero-order valence-electron chi connectivity index (χ0n) is 7.28. The number of terminal acetylenes is 1. The molecule has 0 aliphatic carbocycles. The zero-order valence-corrected chi connectivity index (χ0v) is 8.10. The highest BCUT2D eigenvalue weighted by molar-refractivity contribution is 8.14. The first-order chi connectivity index (χ1) is 6.11. The summed E-state index contributed by atoms with van der Waals surface area (Å²) >= 11 is 1.08. The molecule has 0 aromatic rings. The summed E-state index contributed by atoms with van der Waals surface area (Å²) in [5.74, 6) is 7.01. The van der Waals surface area contributed by atoms with Crippen molar-refractivity contribution in [3.05, 3.63) is 0 Å². The van der Waals surface area contributed by atoms with Crippen LogP contribution in [0.25, 0.3) is 0 Å². The lowest BCUT2D eigenvalue weighted by Crippen LogP contribution is -2.32. The van der Waals surface area contributed by atoms with E-state index in [1.807, 2.05) is 0 Å². The summed E-state index contributed by atoms with van der Waals surface area (Å²) in [5, 5.41) is 5.57. The summed E-state index contributed by atoms with van der Waals surface area (Å²) in [6.45, 7) is 1.90. The molecule has 13 heavy (non-hydrogen) atoms. The molecule has 0 aromatic heterocycles. The summed E-state index contributed by atoms with van der Waals surface area (Å²) in [7, 11) is 0. The molecule has 0 fully saturated rings. The van der Waals surface area contributed by atoms with Gasteiger partial charge in [-0.1, -0.05) is 17.7 Å². The van der Waals surface area contributed by atoms with E-state index in [1.54, 1.807) is 6.92 Å². The number of hydrogen-bond acceptors (Lipinski definition) is 4. The number of nitrogens with two attached hydrogens (primary N) is 2. The number of nitrogens with one attached hydrogen (secondary N) is 1. The van der Waals surface area contributed by atoms with Crippen molar-refractivity contribution in [3.63, 3.8) is 0 Å². The predicted molar refractivity (Wildman–Crippen MR) is 54.7 cm³/mol. The second kappa shape index (κ2) is 6.20. The Kier molecular flexibility index (Phi) is 5.55. The van der Waals surface area contributed by atoms with Crippen LogP contribution in [0.2, 0.25) is 0 Å².